The third kappa shape index (κ3) is 4.28. The van der Waals surface area contributed by atoms with Crippen molar-refractivity contribution in [3.05, 3.63) is 16.1 Å². The van der Waals surface area contributed by atoms with Gasteiger partial charge in [-0.1, -0.05) is 13.8 Å². The third-order valence-electron chi connectivity index (χ3n) is 2.38. The lowest BCUT2D eigenvalue weighted by Gasteiger charge is -2.14. The second-order valence-electron chi connectivity index (χ2n) is 4.25. The standard InChI is InChI=1S/C11H19N3OS/c1-7(2)9(12)4-10(15)13-6-11-14-5-8(3)16-11/h5,7,9H,4,6,12H2,1-3H3,(H,13,15). The molecule has 1 unspecified atom stereocenters. The van der Waals surface area contributed by atoms with Gasteiger partial charge in [0.25, 0.3) is 0 Å². The summed E-state index contributed by atoms with van der Waals surface area (Å²) >= 11 is 1.60. The molecule has 1 aromatic heterocycles. The zero-order valence-electron chi connectivity index (χ0n) is 9.99. The molecule has 5 heteroatoms. The first-order valence-electron chi connectivity index (χ1n) is 5.42. The van der Waals surface area contributed by atoms with Crippen LogP contribution in [0, 0.1) is 12.8 Å². The van der Waals surface area contributed by atoms with Crippen LogP contribution in [0.1, 0.15) is 30.2 Å². The highest BCUT2D eigenvalue weighted by Crippen LogP contribution is 2.10. The molecule has 1 aromatic rings. The molecule has 0 aromatic carbocycles. The summed E-state index contributed by atoms with van der Waals surface area (Å²) in [5.41, 5.74) is 5.82. The number of nitrogens with one attached hydrogen (secondary N) is 1. The Kier molecular flexibility index (Phi) is 4.89. The Balaban J connectivity index is 2.30. The van der Waals surface area contributed by atoms with Gasteiger partial charge in [0.15, 0.2) is 0 Å². The maximum atomic E-state index is 11.5. The quantitative estimate of drug-likeness (QED) is 0.819. The highest BCUT2D eigenvalue weighted by atomic mass is 32.1. The molecular formula is C11H19N3OS. The van der Waals surface area contributed by atoms with Gasteiger partial charge in [0, 0.05) is 23.5 Å². The molecule has 0 bridgehead atoms. The SMILES string of the molecule is Cc1cnc(CNC(=O)CC(N)C(C)C)s1. The van der Waals surface area contributed by atoms with Crippen LogP contribution in [-0.4, -0.2) is 16.9 Å². The van der Waals surface area contributed by atoms with Crippen LogP contribution in [0.3, 0.4) is 0 Å². The average molecular weight is 241 g/mol. The van der Waals surface area contributed by atoms with Crippen molar-refractivity contribution in [2.24, 2.45) is 11.7 Å². The first-order valence-corrected chi connectivity index (χ1v) is 6.24. The van der Waals surface area contributed by atoms with E-state index in [9.17, 15) is 4.79 Å². The Bertz CT molecular complexity index is 349. The molecule has 3 N–H and O–H groups in total. The van der Waals surface area contributed by atoms with Gasteiger partial charge in [0.05, 0.1) is 6.54 Å². The summed E-state index contributed by atoms with van der Waals surface area (Å²) in [4.78, 5) is 16.9. The zero-order chi connectivity index (χ0) is 12.1. The van der Waals surface area contributed by atoms with Gasteiger partial charge in [-0.3, -0.25) is 4.79 Å². The highest BCUT2D eigenvalue weighted by Gasteiger charge is 2.12. The monoisotopic (exact) mass is 241 g/mol. The molecule has 0 fully saturated rings. The van der Waals surface area contributed by atoms with Crippen LogP contribution >= 0.6 is 11.3 Å². The van der Waals surface area contributed by atoms with E-state index in [4.69, 9.17) is 5.73 Å². The van der Waals surface area contributed by atoms with Crippen molar-refractivity contribution in [2.45, 2.75) is 39.8 Å². The van der Waals surface area contributed by atoms with Crippen molar-refractivity contribution in [3.63, 3.8) is 0 Å². The molecule has 0 aliphatic heterocycles. The Labute approximate surface area is 100 Å². The van der Waals surface area contributed by atoms with E-state index in [0.717, 1.165) is 9.88 Å². The summed E-state index contributed by atoms with van der Waals surface area (Å²) in [5.74, 6) is 0.321. The van der Waals surface area contributed by atoms with E-state index in [1.54, 1.807) is 11.3 Å². The van der Waals surface area contributed by atoms with Crippen LogP contribution in [0.4, 0.5) is 0 Å². The number of nitrogens with zero attached hydrogens (tertiary/aromatic N) is 1. The first-order chi connectivity index (χ1) is 7.49. The molecule has 0 aliphatic rings. The van der Waals surface area contributed by atoms with Crippen molar-refractivity contribution in [1.82, 2.24) is 10.3 Å². The summed E-state index contributed by atoms with van der Waals surface area (Å²) in [6.07, 6.45) is 2.19. The van der Waals surface area contributed by atoms with Crippen LogP contribution in [0.25, 0.3) is 0 Å². The maximum absolute atomic E-state index is 11.5. The molecule has 16 heavy (non-hydrogen) atoms. The lowest BCUT2D eigenvalue weighted by atomic mass is 10.0. The molecule has 0 saturated heterocycles. The average Bonchev–Trinajstić information content (AvgIpc) is 2.61. The Morgan fingerprint density at radius 1 is 1.62 bits per heavy atom. The lowest BCUT2D eigenvalue weighted by molar-refractivity contribution is -0.121. The predicted molar refractivity (Wildman–Crippen MR) is 66.1 cm³/mol. The zero-order valence-corrected chi connectivity index (χ0v) is 10.8. The van der Waals surface area contributed by atoms with Gasteiger partial charge in [0.2, 0.25) is 5.91 Å². The predicted octanol–water partition coefficient (Wildman–Crippen LogP) is 1.44. The largest absolute Gasteiger partial charge is 0.350 e. The molecule has 1 atom stereocenters. The molecule has 1 amide bonds. The van der Waals surface area contributed by atoms with E-state index in [1.165, 1.54) is 0 Å². The fourth-order valence-electron chi connectivity index (χ4n) is 1.18. The van der Waals surface area contributed by atoms with E-state index in [1.807, 2.05) is 27.0 Å². The van der Waals surface area contributed by atoms with Gasteiger partial charge >= 0.3 is 0 Å². The van der Waals surface area contributed by atoms with Gasteiger partial charge in [0.1, 0.15) is 5.01 Å². The van der Waals surface area contributed by atoms with Crippen molar-refractivity contribution >= 4 is 17.2 Å². The van der Waals surface area contributed by atoms with Crippen molar-refractivity contribution in [1.29, 1.82) is 0 Å². The molecule has 90 valence electrons. The molecule has 0 saturated carbocycles. The molecule has 1 heterocycles. The van der Waals surface area contributed by atoms with Crippen LogP contribution in [0.5, 0.6) is 0 Å². The number of aryl methyl sites for hydroxylation is 1. The van der Waals surface area contributed by atoms with Gasteiger partial charge in [-0.05, 0) is 12.8 Å². The number of hydrogen-bond acceptors (Lipinski definition) is 4. The second kappa shape index (κ2) is 5.96. The molecule has 0 spiro atoms. The normalized spacial score (nSPS) is 12.8. The molecular weight excluding hydrogens is 222 g/mol. The summed E-state index contributed by atoms with van der Waals surface area (Å²) in [6, 6.07) is -0.0713. The number of carbonyl (C=O) groups excluding carboxylic acids is 1. The summed E-state index contributed by atoms with van der Waals surface area (Å²) in [7, 11) is 0. The van der Waals surface area contributed by atoms with E-state index in [-0.39, 0.29) is 11.9 Å². The van der Waals surface area contributed by atoms with Crippen molar-refractivity contribution < 1.29 is 4.79 Å². The van der Waals surface area contributed by atoms with Crippen molar-refractivity contribution in [2.75, 3.05) is 0 Å². The summed E-state index contributed by atoms with van der Waals surface area (Å²) in [5, 5.41) is 3.76. The van der Waals surface area contributed by atoms with Gasteiger partial charge in [-0.2, -0.15) is 0 Å². The number of carbonyl (C=O) groups is 1. The number of hydrogen-bond donors (Lipinski definition) is 2. The highest BCUT2D eigenvalue weighted by molar-refractivity contribution is 7.11. The van der Waals surface area contributed by atoms with Gasteiger partial charge in [-0.15, -0.1) is 11.3 Å². The minimum Gasteiger partial charge on any atom is -0.350 e. The first kappa shape index (κ1) is 13.1. The summed E-state index contributed by atoms with van der Waals surface area (Å²) in [6.45, 7) is 6.53. The fraction of sp³-hybridized carbons (Fsp3) is 0.636. The number of amides is 1. The molecule has 0 aliphatic carbocycles. The minimum atomic E-state index is -0.0713. The van der Waals surface area contributed by atoms with E-state index < -0.39 is 0 Å². The van der Waals surface area contributed by atoms with Gasteiger partial charge < -0.3 is 11.1 Å². The number of rotatable bonds is 5. The fourth-order valence-corrected chi connectivity index (χ4v) is 1.91. The van der Waals surface area contributed by atoms with Gasteiger partial charge in [-0.25, -0.2) is 4.98 Å². The van der Waals surface area contributed by atoms with Crippen LogP contribution in [0.15, 0.2) is 6.20 Å². The Morgan fingerprint density at radius 3 is 2.81 bits per heavy atom. The maximum Gasteiger partial charge on any atom is 0.221 e. The van der Waals surface area contributed by atoms with Crippen LogP contribution in [0.2, 0.25) is 0 Å². The topological polar surface area (TPSA) is 68.0 Å². The van der Waals surface area contributed by atoms with E-state index in [2.05, 4.69) is 10.3 Å². The summed E-state index contributed by atoms with van der Waals surface area (Å²) < 4.78 is 0. The van der Waals surface area contributed by atoms with Crippen LogP contribution < -0.4 is 11.1 Å². The minimum absolute atomic E-state index is 0.00551. The molecule has 1 rings (SSSR count). The number of aromatic nitrogens is 1. The molecule has 4 nitrogen and oxygen atoms in total. The smallest absolute Gasteiger partial charge is 0.221 e. The van der Waals surface area contributed by atoms with Crippen molar-refractivity contribution in [3.8, 4) is 0 Å². The Morgan fingerprint density at radius 2 is 2.31 bits per heavy atom. The molecule has 0 radical (unpaired) electrons. The third-order valence-corrected chi connectivity index (χ3v) is 3.30. The van der Waals surface area contributed by atoms with E-state index in [0.29, 0.717) is 18.9 Å². The lowest BCUT2D eigenvalue weighted by Crippen LogP contribution is -2.34. The number of thiazole rings is 1. The second-order valence-corrected chi connectivity index (χ2v) is 5.57. The Hall–Kier alpha value is -0.940. The number of nitrogens with two attached hydrogens (primary N) is 1. The van der Waals surface area contributed by atoms with E-state index >= 15 is 0 Å². The van der Waals surface area contributed by atoms with Crippen LogP contribution in [-0.2, 0) is 11.3 Å².